The fraction of sp³-hybridized carbons (Fsp3) is 0.0370. The van der Waals surface area contributed by atoms with Crippen LogP contribution >= 0.6 is 0 Å². The first-order valence-corrected chi connectivity index (χ1v) is 10.5. The summed E-state index contributed by atoms with van der Waals surface area (Å²) in [5.74, 6) is -0.408. The van der Waals surface area contributed by atoms with Gasteiger partial charge in [0.25, 0.3) is 0 Å². The molecule has 6 heteroatoms. The molecule has 0 aliphatic rings. The molecule has 2 heterocycles. The number of aromatic nitrogens is 2. The molecule has 0 saturated carbocycles. The van der Waals surface area contributed by atoms with Crippen molar-refractivity contribution in [1.82, 2.24) is 15.3 Å². The van der Waals surface area contributed by atoms with Gasteiger partial charge in [-0.3, -0.25) is 4.79 Å². The van der Waals surface area contributed by atoms with Crippen LogP contribution in [0.1, 0.15) is 11.3 Å². The number of benzene rings is 3. The van der Waals surface area contributed by atoms with Gasteiger partial charge in [-0.15, -0.1) is 0 Å². The Morgan fingerprint density at radius 2 is 1.76 bits per heavy atom. The summed E-state index contributed by atoms with van der Waals surface area (Å²) < 4.78 is 13.0. The van der Waals surface area contributed by atoms with E-state index in [4.69, 9.17) is 4.98 Å². The zero-order valence-corrected chi connectivity index (χ0v) is 17.5. The molecule has 2 aromatic heterocycles. The third-order valence-corrected chi connectivity index (χ3v) is 5.43. The number of aromatic amines is 1. The molecule has 0 saturated heterocycles. The Bertz CT molecular complexity index is 1490. The first-order chi connectivity index (χ1) is 16.1. The molecule has 3 N–H and O–H groups in total. The van der Waals surface area contributed by atoms with E-state index in [0.29, 0.717) is 5.69 Å². The van der Waals surface area contributed by atoms with Crippen LogP contribution in [0, 0.1) is 5.82 Å². The molecule has 0 atom stereocenters. The van der Waals surface area contributed by atoms with Crippen molar-refractivity contribution in [2.45, 2.75) is 6.54 Å². The van der Waals surface area contributed by atoms with Crippen LogP contribution in [-0.2, 0) is 11.3 Å². The number of H-pyrrole nitrogens is 1. The summed E-state index contributed by atoms with van der Waals surface area (Å²) in [7, 11) is 0. The van der Waals surface area contributed by atoms with E-state index in [0.717, 1.165) is 38.6 Å². The molecule has 0 radical (unpaired) electrons. The fourth-order valence-electron chi connectivity index (χ4n) is 3.80. The van der Waals surface area contributed by atoms with E-state index < -0.39 is 0 Å². The topological polar surface area (TPSA) is 78.0 Å². The molecule has 0 fully saturated rings. The maximum atomic E-state index is 13.0. The zero-order valence-electron chi connectivity index (χ0n) is 17.5. The first-order valence-electron chi connectivity index (χ1n) is 10.5. The monoisotopic (exact) mass is 437 g/mol. The summed E-state index contributed by atoms with van der Waals surface area (Å²) in [5, 5.41) is 14.6. The van der Waals surface area contributed by atoms with Gasteiger partial charge in [0.05, 0.1) is 23.4 Å². The van der Waals surface area contributed by atoms with Crippen LogP contribution < -0.4 is 5.32 Å². The van der Waals surface area contributed by atoms with E-state index in [9.17, 15) is 14.3 Å². The van der Waals surface area contributed by atoms with Gasteiger partial charge in [0.1, 0.15) is 11.6 Å². The van der Waals surface area contributed by atoms with Crippen LogP contribution in [0.4, 0.5) is 4.39 Å². The Hall–Kier alpha value is -4.45. The number of nitrogens with zero attached hydrogens (tertiary/aromatic N) is 1. The lowest BCUT2D eigenvalue weighted by Crippen LogP contribution is -2.21. The van der Waals surface area contributed by atoms with E-state index in [1.807, 2.05) is 42.5 Å². The van der Waals surface area contributed by atoms with Crippen molar-refractivity contribution in [3.8, 4) is 17.0 Å². The summed E-state index contributed by atoms with van der Waals surface area (Å²) >= 11 is 0. The predicted octanol–water partition coefficient (Wildman–Crippen LogP) is 5.56. The third kappa shape index (κ3) is 4.32. The second kappa shape index (κ2) is 8.59. The van der Waals surface area contributed by atoms with Gasteiger partial charge in [0, 0.05) is 27.9 Å². The number of halogens is 1. The molecule has 0 unspecified atom stereocenters. The molecule has 0 aliphatic heterocycles. The molecule has 5 nitrogen and oxygen atoms in total. The van der Waals surface area contributed by atoms with Crippen molar-refractivity contribution in [1.29, 1.82) is 0 Å². The number of hydrogen-bond donors (Lipinski definition) is 3. The number of amides is 1. The highest BCUT2D eigenvalue weighted by Gasteiger charge is 2.14. The molecular formula is C27H20FN3O2. The molecule has 33 heavy (non-hydrogen) atoms. The molecule has 1 amide bonds. The zero-order chi connectivity index (χ0) is 22.8. The lowest BCUT2D eigenvalue weighted by molar-refractivity contribution is -0.116. The minimum absolute atomic E-state index is 0.183. The fourth-order valence-corrected chi connectivity index (χ4v) is 3.80. The quantitative estimate of drug-likeness (QED) is 0.315. The number of hydrogen-bond acceptors (Lipinski definition) is 3. The number of carbonyl (C=O) groups is 1. The lowest BCUT2D eigenvalue weighted by Gasteiger charge is -2.08. The molecular weight excluding hydrogens is 417 g/mol. The molecule has 162 valence electrons. The number of phenols is 1. The molecule has 5 aromatic rings. The summed E-state index contributed by atoms with van der Waals surface area (Å²) in [6.45, 7) is 0.243. The van der Waals surface area contributed by atoms with Crippen molar-refractivity contribution in [3.05, 3.63) is 102 Å². The van der Waals surface area contributed by atoms with E-state index in [1.165, 1.54) is 18.2 Å². The number of para-hydroxylation sites is 1. The number of pyridine rings is 1. The van der Waals surface area contributed by atoms with E-state index in [1.54, 1.807) is 30.3 Å². The second-order valence-electron chi connectivity index (χ2n) is 7.70. The van der Waals surface area contributed by atoms with Crippen molar-refractivity contribution in [2.75, 3.05) is 0 Å². The SMILES string of the molecule is O=C(/C=C/c1ccc(F)cc1)NCc1cc2c([nH]c3ccccc32)c(-c2ccc(O)cc2)n1. The van der Waals surface area contributed by atoms with Gasteiger partial charge in [0.15, 0.2) is 0 Å². The highest BCUT2D eigenvalue weighted by molar-refractivity contribution is 6.11. The normalized spacial score (nSPS) is 11.4. The number of phenolic OH excluding ortho intramolecular Hbond substituents is 1. The van der Waals surface area contributed by atoms with Crippen molar-refractivity contribution in [3.63, 3.8) is 0 Å². The maximum absolute atomic E-state index is 13.0. The predicted molar refractivity (Wildman–Crippen MR) is 128 cm³/mol. The van der Waals surface area contributed by atoms with Gasteiger partial charge in [-0.25, -0.2) is 9.37 Å². The van der Waals surface area contributed by atoms with Crippen LogP contribution in [0.2, 0.25) is 0 Å². The van der Waals surface area contributed by atoms with Gasteiger partial charge >= 0.3 is 0 Å². The van der Waals surface area contributed by atoms with Gasteiger partial charge in [-0.2, -0.15) is 0 Å². The summed E-state index contributed by atoms with van der Waals surface area (Å²) in [4.78, 5) is 20.6. The molecule has 0 bridgehead atoms. The summed E-state index contributed by atoms with van der Waals surface area (Å²) in [6, 6.07) is 22.8. The molecule has 0 spiro atoms. The standard InChI is InChI=1S/C27H20FN3O2/c28-19-10-5-17(6-11-19)7-14-25(33)29-16-20-15-23-22-3-1-2-4-24(22)31-27(23)26(30-20)18-8-12-21(32)13-9-18/h1-15,31-32H,16H2,(H,29,33)/b14-7+. The first kappa shape index (κ1) is 20.5. The molecule has 5 rings (SSSR count). The van der Waals surface area contributed by atoms with Crippen LogP contribution in [0.25, 0.3) is 39.1 Å². The van der Waals surface area contributed by atoms with Crippen molar-refractivity contribution < 1.29 is 14.3 Å². The highest BCUT2D eigenvalue weighted by Crippen LogP contribution is 2.33. The minimum Gasteiger partial charge on any atom is -0.508 e. The smallest absolute Gasteiger partial charge is 0.244 e. The molecule has 0 aliphatic carbocycles. The van der Waals surface area contributed by atoms with E-state index in [2.05, 4.69) is 10.3 Å². The maximum Gasteiger partial charge on any atom is 0.244 e. The summed E-state index contributed by atoms with van der Waals surface area (Å²) in [5.41, 5.74) is 4.94. The Kier molecular flexibility index (Phi) is 5.32. The van der Waals surface area contributed by atoms with Crippen LogP contribution in [0.5, 0.6) is 5.75 Å². The minimum atomic E-state index is -0.320. The number of fused-ring (bicyclic) bond motifs is 3. The average Bonchev–Trinajstić information content (AvgIpc) is 3.21. The second-order valence-corrected chi connectivity index (χ2v) is 7.70. The van der Waals surface area contributed by atoms with Gasteiger partial charge < -0.3 is 15.4 Å². The Labute approximate surface area is 189 Å². The van der Waals surface area contributed by atoms with Gasteiger partial charge in [-0.05, 0) is 60.2 Å². The number of rotatable bonds is 5. The van der Waals surface area contributed by atoms with E-state index in [-0.39, 0.29) is 24.0 Å². The summed E-state index contributed by atoms with van der Waals surface area (Å²) in [6.07, 6.45) is 3.05. The van der Waals surface area contributed by atoms with Gasteiger partial charge in [0.2, 0.25) is 5.91 Å². The Morgan fingerprint density at radius 3 is 2.55 bits per heavy atom. The average molecular weight is 437 g/mol. The number of nitrogens with one attached hydrogen (secondary N) is 2. The van der Waals surface area contributed by atoms with E-state index >= 15 is 0 Å². The van der Waals surface area contributed by atoms with Crippen molar-refractivity contribution >= 4 is 33.8 Å². The van der Waals surface area contributed by atoms with Crippen molar-refractivity contribution in [2.24, 2.45) is 0 Å². The van der Waals surface area contributed by atoms with Gasteiger partial charge in [-0.1, -0.05) is 30.3 Å². The Balaban J connectivity index is 1.46. The van der Waals surface area contributed by atoms with Crippen LogP contribution in [0.15, 0.2) is 84.9 Å². The van der Waals surface area contributed by atoms with Crippen LogP contribution in [-0.4, -0.2) is 21.0 Å². The molecule has 3 aromatic carbocycles. The lowest BCUT2D eigenvalue weighted by atomic mass is 10.1. The Morgan fingerprint density at radius 1 is 1.00 bits per heavy atom. The largest absolute Gasteiger partial charge is 0.508 e. The number of aromatic hydroxyl groups is 1. The van der Waals surface area contributed by atoms with Crippen LogP contribution in [0.3, 0.4) is 0 Å². The highest BCUT2D eigenvalue weighted by atomic mass is 19.1. The third-order valence-electron chi connectivity index (χ3n) is 5.43. The number of carbonyl (C=O) groups excluding carboxylic acids is 1.